The molecule has 0 atom stereocenters. The van der Waals surface area contributed by atoms with Crippen molar-refractivity contribution >= 4 is 16.3 Å². The number of carbonyl (C=O) groups is 1. The van der Waals surface area contributed by atoms with Crippen LogP contribution >= 0.6 is 0 Å². The second-order valence-corrected chi connectivity index (χ2v) is 8.60. The lowest BCUT2D eigenvalue weighted by Gasteiger charge is -2.36. The number of ether oxygens (including phenoxy) is 2. The molecule has 9 heteroatoms. The Kier molecular flexibility index (Phi) is 6.23. The van der Waals surface area contributed by atoms with Gasteiger partial charge in [-0.1, -0.05) is 12.1 Å². The second kappa shape index (κ2) is 8.45. The van der Waals surface area contributed by atoms with Crippen molar-refractivity contribution in [1.82, 2.24) is 13.5 Å². The number of methoxy groups -OCH3 is 1. The Labute approximate surface area is 160 Å². The highest BCUT2D eigenvalue weighted by atomic mass is 32.2. The van der Waals surface area contributed by atoms with Gasteiger partial charge in [0, 0.05) is 38.8 Å². The van der Waals surface area contributed by atoms with Crippen molar-refractivity contribution in [3.8, 4) is 5.75 Å². The van der Waals surface area contributed by atoms with Gasteiger partial charge >= 0.3 is 6.09 Å². The van der Waals surface area contributed by atoms with Gasteiger partial charge in [0.15, 0.2) is 0 Å². The highest BCUT2D eigenvalue weighted by Crippen LogP contribution is 2.32. The second-order valence-electron chi connectivity index (χ2n) is 6.72. The topological polar surface area (TPSA) is 79.4 Å². The van der Waals surface area contributed by atoms with Crippen LogP contribution in [0.5, 0.6) is 5.75 Å². The van der Waals surface area contributed by atoms with Crippen LogP contribution in [0.25, 0.3) is 0 Å². The Hall–Kier alpha value is -1.84. The summed E-state index contributed by atoms with van der Waals surface area (Å²) in [6.45, 7) is 3.67. The first-order valence-corrected chi connectivity index (χ1v) is 10.7. The zero-order valence-electron chi connectivity index (χ0n) is 15.8. The number of rotatable bonds is 7. The Morgan fingerprint density at radius 3 is 2.30 bits per heavy atom. The summed E-state index contributed by atoms with van der Waals surface area (Å²) in [6.07, 6.45) is 1.39. The lowest BCUT2D eigenvalue weighted by molar-refractivity contribution is 0.0923. The molecule has 1 aromatic carbocycles. The molecule has 1 saturated carbocycles. The van der Waals surface area contributed by atoms with Crippen molar-refractivity contribution in [3.63, 3.8) is 0 Å². The van der Waals surface area contributed by atoms with Crippen LogP contribution in [-0.4, -0.2) is 74.0 Å². The third-order valence-electron chi connectivity index (χ3n) is 4.84. The first kappa shape index (κ1) is 19.9. The number of hydrogen-bond donors (Lipinski definition) is 0. The molecular formula is C18H27N3O5S. The molecular weight excluding hydrogens is 370 g/mol. The molecule has 1 aromatic rings. The van der Waals surface area contributed by atoms with Crippen molar-refractivity contribution in [2.24, 2.45) is 0 Å². The normalized spacial score (nSPS) is 18.6. The van der Waals surface area contributed by atoms with Crippen molar-refractivity contribution in [1.29, 1.82) is 0 Å². The number of amides is 1. The summed E-state index contributed by atoms with van der Waals surface area (Å²) in [5.74, 6) is 0.745. The smallest absolute Gasteiger partial charge is 0.409 e. The Bertz CT molecular complexity index is 741. The molecule has 150 valence electrons. The lowest BCUT2D eigenvalue weighted by atomic mass is 10.2. The van der Waals surface area contributed by atoms with Gasteiger partial charge in [0.05, 0.1) is 13.7 Å². The zero-order valence-corrected chi connectivity index (χ0v) is 16.7. The highest BCUT2D eigenvalue weighted by molar-refractivity contribution is 7.86. The molecule has 0 radical (unpaired) electrons. The summed E-state index contributed by atoms with van der Waals surface area (Å²) >= 11 is 0. The van der Waals surface area contributed by atoms with Crippen LogP contribution in [0.15, 0.2) is 24.3 Å². The monoisotopic (exact) mass is 397 g/mol. The quantitative estimate of drug-likeness (QED) is 0.699. The van der Waals surface area contributed by atoms with E-state index in [1.165, 1.54) is 4.31 Å². The summed E-state index contributed by atoms with van der Waals surface area (Å²) in [5, 5.41) is 0. The van der Waals surface area contributed by atoms with Crippen molar-refractivity contribution < 1.29 is 22.7 Å². The van der Waals surface area contributed by atoms with E-state index in [0.717, 1.165) is 24.2 Å². The molecule has 1 aliphatic heterocycles. The van der Waals surface area contributed by atoms with E-state index in [4.69, 9.17) is 9.47 Å². The number of benzene rings is 1. The fraction of sp³-hybridized carbons (Fsp3) is 0.611. The first-order chi connectivity index (χ1) is 13.0. The summed E-state index contributed by atoms with van der Waals surface area (Å²) < 4.78 is 39.6. The van der Waals surface area contributed by atoms with Crippen LogP contribution < -0.4 is 4.74 Å². The van der Waals surface area contributed by atoms with E-state index in [-0.39, 0.29) is 25.2 Å². The fourth-order valence-corrected chi connectivity index (χ4v) is 4.96. The summed E-state index contributed by atoms with van der Waals surface area (Å²) in [7, 11) is -1.98. The number of nitrogens with zero attached hydrogens (tertiary/aromatic N) is 3. The van der Waals surface area contributed by atoms with Crippen molar-refractivity contribution in [3.05, 3.63) is 29.8 Å². The minimum absolute atomic E-state index is 0.0557. The molecule has 8 nitrogen and oxygen atoms in total. The van der Waals surface area contributed by atoms with Gasteiger partial charge in [-0.05, 0) is 37.5 Å². The molecule has 27 heavy (non-hydrogen) atoms. The fourth-order valence-electron chi connectivity index (χ4n) is 3.14. The van der Waals surface area contributed by atoms with E-state index in [2.05, 4.69) is 0 Å². The minimum atomic E-state index is -3.58. The van der Waals surface area contributed by atoms with Crippen LogP contribution in [0.4, 0.5) is 4.79 Å². The van der Waals surface area contributed by atoms with Crippen molar-refractivity contribution in [2.75, 3.05) is 39.9 Å². The van der Waals surface area contributed by atoms with E-state index in [9.17, 15) is 13.2 Å². The maximum atomic E-state index is 13.2. The van der Waals surface area contributed by atoms with E-state index < -0.39 is 10.2 Å². The Morgan fingerprint density at radius 2 is 1.78 bits per heavy atom. The molecule has 1 amide bonds. The molecule has 0 bridgehead atoms. The van der Waals surface area contributed by atoms with E-state index in [0.29, 0.717) is 26.2 Å². The third-order valence-corrected chi connectivity index (χ3v) is 6.88. The van der Waals surface area contributed by atoms with Gasteiger partial charge in [-0.3, -0.25) is 0 Å². The molecule has 2 aliphatic rings. The predicted octanol–water partition coefficient (Wildman–Crippen LogP) is 1.68. The maximum absolute atomic E-state index is 13.2. The average Bonchev–Trinajstić information content (AvgIpc) is 3.51. The maximum Gasteiger partial charge on any atom is 0.409 e. The van der Waals surface area contributed by atoms with Gasteiger partial charge in [-0.2, -0.15) is 17.0 Å². The lowest BCUT2D eigenvalue weighted by Crippen LogP contribution is -2.54. The van der Waals surface area contributed by atoms with Gasteiger partial charge in [-0.25, -0.2) is 4.79 Å². The number of carbonyl (C=O) groups excluding carboxylic acids is 1. The van der Waals surface area contributed by atoms with Crippen LogP contribution in [-0.2, 0) is 21.5 Å². The Balaban J connectivity index is 1.66. The van der Waals surface area contributed by atoms with Gasteiger partial charge in [-0.15, -0.1) is 0 Å². The number of hydrogen-bond acceptors (Lipinski definition) is 5. The summed E-state index contributed by atoms with van der Waals surface area (Å²) in [6, 6.07) is 7.52. The molecule has 1 saturated heterocycles. The molecule has 3 rings (SSSR count). The number of piperazine rings is 1. The molecule has 0 spiro atoms. The minimum Gasteiger partial charge on any atom is -0.497 e. The van der Waals surface area contributed by atoms with Crippen LogP contribution in [0.3, 0.4) is 0 Å². The van der Waals surface area contributed by atoms with Gasteiger partial charge < -0.3 is 14.4 Å². The molecule has 1 aliphatic carbocycles. The molecule has 1 heterocycles. The van der Waals surface area contributed by atoms with E-state index in [1.54, 1.807) is 23.2 Å². The molecule has 0 unspecified atom stereocenters. The standard InChI is InChI=1S/C18H27N3O5S/c1-3-26-18(22)19-10-12-20(13-11-19)27(23,24)21(16-6-7-16)14-15-4-8-17(25-2)9-5-15/h4-5,8-9,16H,3,6-7,10-14H2,1-2H3. The molecule has 0 N–H and O–H groups in total. The van der Waals surface area contributed by atoms with Gasteiger partial charge in [0.25, 0.3) is 10.2 Å². The van der Waals surface area contributed by atoms with Gasteiger partial charge in [0.1, 0.15) is 5.75 Å². The van der Waals surface area contributed by atoms with Crippen LogP contribution in [0, 0.1) is 0 Å². The zero-order chi connectivity index (χ0) is 19.4. The largest absolute Gasteiger partial charge is 0.497 e. The SMILES string of the molecule is CCOC(=O)N1CCN(S(=O)(=O)N(Cc2ccc(OC)cc2)C2CC2)CC1. The predicted molar refractivity (Wildman–Crippen MR) is 101 cm³/mol. The van der Waals surface area contributed by atoms with E-state index >= 15 is 0 Å². The van der Waals surface area contributed by atoms with E-state index in [1.807, 2.05) is 24.3 Å². The summed E-state index contributed by atoms with van der Waals surface area (Å²) in [5.41, 5.74) is 0.927. The summed E-state index contributed by atoms with van der Waals surface area (Å²) in [4.78, 5) is 13.4. The third kappa shape index (κ3) is 4.72. The van der Waals surface area contributed by atoms with Crippen LogP contribution in [0.2, 0.25) is 0 Å². The van der Waals surface area contributed by atoms with Gasteiger partial charge in [0.2, 0.25) is 0 Å². The highest BCUT2D eigenvalue weighted by Gasteiger charge is 2.41. The Morgan fingerprint density at radius 1 is 1.15 bits per heavy atom. The van der Waals surface area contributed by atoms with Crippen molar-refractivity contribution in [2.45, 2.75) is 32.4 Å². The average molecular weight is 397 g/mol. The molecule has 2 fully saturated rings. The first-order valence-electron chi connectivity index (χ1n) is 9.27. The molecule has 0 aromatic heterocycles. The van der Waals surface area contributed by atoms with Crippen LogP contribution in [0.1, 0.15) is 25.3 Å².